The molecule has 1 N–H and O–H groups in total. The van der Waals surface area contributed by atoms with Crippen LogP contribution < -0.4 is 14.8 Å². The minimum absolute atomic E-state index is 0.0285. The maximum absolute atomic E-state index is 13.1. The Bertz CT molecular complexity index is 863. The number of nitrogens with zero attached hydrogens (tertiary/aromatic N) is 1. The van der Waals surface area contributed by atoms with Crippen LogP contribution in [0.25, 0.3) is 0 Å². The molecule has 1 fully saturated rings. The highest BCUT2D eigenvalue weighted by Gasteiger charge is 2.43. The Balaban J connectivity index is 1.42. The maximum Gasteiger partial charge on any atom is 0.586 e. The fourth-order valence-electron chi connectivity index (χ4n) is 2.94. The van der Waals surface area contributed by atoms with E-state index in [0.717, 1.165) is 5.56 Å². The van der Waals surface area contributed by atoms with E-state index in [-0.39, 0.29) is 23.4 Å². The Labute approximate surface area is 158 Å². The van der Waals surface area contributed by atoms with Gasteiger partial charge in [0.25, 0.3) is 0 Å². The van der Waals surface area contributed by atoms with E-state index in [2.05, 4.69) is 14.8 Å². The van der Waals surface area contributed by atoms with Gasteiger partial charge >= 0.3 is 6.29 Å². The van der Waals surface area contributed by atoms with E-state index in [1.54, 1.807) is 18.2 Å². The summed E-state index contributed by atoms with van der Waals surface area (Å²) in [6.07, 6.45) is -3.90. The zero-order valence-corrected chi connectivity index (χ0v) is 14.8. The van der Waals surface area contributed by atoms with E-state index in [0.29, 0.717) is 30.5 Å². The third-order valence-electron chi connectivity index (χ3n) is 4.25. The second kappa shape index (κ2) is 6.90. The number of hydrogen-bond donors (Lipinski definition) is 1. The van der Waals surface area contributed by atoms with Gasteiger partial charge in [0.2, 0.25) is 0 Å². The van der Waals surface area contributed by atoms with E-state index in [1.807, 2.05) is 4.90 Å². The van der Waals surface area contributed by atoms with Gasteiger partial charge in [0, 0.05) is 18.3 Å². The molecule has 2 heterocycles. The van der Waals surface area contributed by atoms with Crippen molar-refractivity contribution in [2.24, 2.45) is 0 Å². The van der Waals surface area contributed by atoms with Gasteiger partial charge in [0.15, 0.2) is 16.6 Å². The van der Waals surface area contributed by atoms with E-state index in [1.165, 1.54) is 24.3 Å². The van der Waals surface area contributed by atoms with Crippen LogP contribution in [0.3, 0.4) is 0 Å². The predicted octanol–water partition coefficient (Wildman–Crippen LogP) is 3.92. The molecule has 0 amide bonds. The van der Waals surface area contributed by atoms with Crippen molar-refractivity contribution in [3.63, 3.8) is 0 Å². The zero-order valence-electron chi connectivity index (χ0n) is 14.0. The van der Waals surface area contributed by atoms with Gasteiger partial charge < -0.3 is 24.4 Å². The molecule has 27 heavy (non-hydrogen) atoms. The highest BCUT2D eigenvalue weighted by molar-refractivity contribution is 7.80. The second-order valence-corrected chi connectivity index (χ2v) is 6.50. The highest BCUT2D eigenvalue weighted by atomic mass is 32.1. The van der Waals surface area contributed by atoms with Gasteiger partial charge in [-0.05, 0) is 42.0 Å². The Hall–Kier alpha value is -2.52. The number of nitrogens with one attached hydrogen (secondary N) is 1. The summed E-state index contributed by atoms with van der Waals surface area (Å²) in [6, 6.07) is 10.5. The first kappa shape index (κ1) is 17.9. The van der Waals surface area contributed by atoms with E-state index in [9.17, 15) is 13.2 Å². The van der Waals surface area contributed by atoms with Gasteiger partial charge in [0.1, 0.15) is 11.9 Å². The lowest BCUT2D eigenvalue weighted by Crippen LogP contribution is -2.44. The molecule has 0 aliphatic carbocycles. The number of hydrogen-bond acceptors (Lipinski definition) is 4. The number of benzene rings is 2. The van der Waals surface area contributed by atoms with Gasteiger partial charge in [-0.1, -0.05) is 12.1 Å². The fraction of sp³-hybridized carbons (Fsp3) is 0.278. The summed E-state index contributed by atoms with van der Waals surface area (Å²) in [6.45, 7) is 1.52. The first-order valence-electron chi connectivity index (χ1n) is 8.22. The molecular formula is C18H15F3N2O3S. The lowest BCUT2D eigenvalue weighted by atomic mass is 10.1. The first-order valence-corrected chi connectivity index (χ1v) is 8.63. The Morgan fingerprint density at radius 1 is 1.11 bits per heavy atom. The van der Waals surface area contributed by atoms with Crippen LogP contribution in [0, 0.1) is 5.82 Å². The number of morpholine rings is 1. The number of fused-ring (bicyclic) bond motifs is 1. The van der Waals surface area contributed by atoms with E-state index >= 15 is 0 Å². The SMILES string of the molecule is Fc1ccc([C@@H]2CN(C(=S)Nc3ccc4c(c3)OC(F)(F)O4)CCO2)cc1. The number of halogens is 3. The molecule has 5 nitrogen and oxygen atoms in total. The smallest absolute Gasteiger partial charge is 0.395 e. The minimum Gasteiger partial charge on any atom is -0.395 e. The van der Waals surface area contributed by atoms with Crippen molar-refractivity contribution in [1.29, 1.82) is 0 Å². The molecule has 4 rings (SSSR count). The number of anilines is 1. The summed E-state index contributed by atoms with van der Waals surface area (Å²) in [5, 5.41) is 3.44. The summed E-state index contributed by atoms with van der Waals surface area (Å²) in [4.78, 5) is 1.91. The zero-order chi connectivity index (χ0) is 19.0. The quantitative estimate of drug-likeness (QED) is 0.777. The summed E-state index contributed by atoms with van der Waals surface area (Å²) in [5.74, 6) is -0.393. The van der Waals surface area contributed by atoms with Crippen LogP contribution >= 0.6 is 12.2 Å². The minimum atomic E-state index is -3.66. The largest absolute Gasteiger partial charge is 0.586 e. The van der Waals surface area contributed by atoms with Crippen LogP contribution in [-0.2, 0) is 4.74 Å². The van der Waals surface area contributed by atoms with Crippen LogP contribution in [0.5, 0.6) is 11.5 Å². The molecular weight excluding hydrogens is 381 g/mol. The van der Waals surface area contributed by atoms with Crippen molar-refractivity contribution in [2.45, 2.75) is 12.4 Å². The van der Waals surface area contributed by atoms with Crippen molar-refractivity contribution in [3.05, 3.63) is 53.8 Å². The summed E-state index contributed by atoms with van der Waals surface area (Å²) in [5.41, 5.74) is 1.36. The average molecular weight is 396 g/mol. The Morgan fingerprint density at radius 2 is 1.85 bits per heavy atom. The summed E-state index contributed by atoms with van der Waals surface area (Å²) < 4.78 is 53.9. The molecule has 0 bridgehead atoms. The number of alkyl halides is 2. The van der Waals surface area contributed by atoms with Gasteiger partial charge in [-0.2, -0.15) is 0 Å². The van der Waals surface area contributed by atoms with Gasteiger partial charge in [0.05, 0.1) is 13.2 Å². The molecule has 2 aliphatic heterocycles. The monoisotopic (exact) mass is 396 g/mol. The van der Waals surface area contributed by atoms with Crippen LogP contribution in [-0.4, -0.2) is 36.0 Å². The van der Waals surface area contributed by atoms with E-state index in [4.69, 9.17) is 17.0 Å². The molecule has 0 aromatic heterocycles. The molecule has 2 aliphatic rings. The van der Waals surface area contributed by atoms with Crippen molar-refractivity contribution in [1.82, 2.24) is 4.90 Å². The average Bonchev–Trinajstić information content (AvgIpc) is 2.95. The maximum atomic E-state index is 13.1. The molecule has 9 heteroatoms. The van der Waals surface area contributed by atoms with Crippen LogP contribution in [0.4, 0.5) is 18.9 Å². The molecule has 0 saturated carbocycles. The molecule has 0 spiro atoms. The van der Waals surface area contributed by atoms with Crippen molar-refractivity contribution < 1.29 is 27.4 Å². The predicted molar refractivity (Wildman–Crippen MR) is 95.5 cm³/mol. The molecule has 1 saturated heterocycles. The Morgan fingerprint density at radius 3 is 2.63 bits per heavy atom. The molecule has 0 radical (unpaired) electrons. The van der Waals surface area contributed by atoms with Gasteiger partial charge in [-0.15, -0.1) is 8.78 Å². The van der Waals surface area contributed by atoms with Crippen molar-refractivity contribution >= 4 is 23.0 Å². The van der Waals surface area contributed by atoms with E-state index < -0.39 is 6.29 Å². The number of rotatable bonds is 2. The highest BCUT2D eigenvalue weighted by Crippen LogP contribution is 2.42. The molecule has 2 aromatic carbocycles. The Kier molecular flexibility index (Phi) is 4.56. The molecule has 2 aromatic rings. The third-order valence-corrected chi connectivity index (χ3v) is 4.61. The number of thiocarbonyl (C=S) groups is 1. The van der Waals surface area contributed by atoms with Crippen molar-refractivity contribution in [2.75, 3.05) is 25.0 Å². The normalized spacial score (nSPS) is 20.4. The lowest BCUT2D eigenvalue weighted by molar-refractivity contribution is -0.286. The van der Waals surface area contributed by atoms with Crippen LogP contribution in [0.15, 0.2) is 42.5 Å². The number of ether oxygens (including phenoxy) is 3. The lowest BCUT2D eigenvalue weighted by Gasteiger charge is -2.35. The third kappa shape index (κ3) is 3.93. The first-order chi connectivity index (χ1) is 12.9. The van der Waals surface area contributed by atoms with Crippen LogP contribution in [0.1, 0.15) is 11.7 Å². The van der Waals surface area contributed by atoms with Gasteiger partial charge in [-0.25, -0.2) is 4.39 Å². The fourth-order valence-corrected chi connectivity index (χ4v) is 3.23. The standard InChI is InChI=1S/C18H15F3N2O3S/c19-12-3-1-11(2-4-12)16-10-23(7-8-24-16)17(27)22-13-5-6-14-15(9-13)26-18(20,21)25-14/h1-6,9,16H,7-8,10H2,(H,22,27)/t16-/m0/s1. The molecule has 0 unspecified atom stereocenters. The summed E-state index contributed by atoms with van der Waals surface area (Å²) in [7, 11) is 0. The van der Waals surface area contributed by atoms with Crippen molar-refractivity contribution in [3.8, 4) is 11.5 Å². The van der Waals surface area contributed by atoms with Crippen LogP contribution in [0.2, 0.25) is 0 Å². The second-order valence-electron chi connectivity index (χ2n) is 6.12. The van der Waals surface area contributed by atoms with Gasteiger partial charge in [-0.3, -0.25) is 0 Å². The summed E-state index contributed by atoms with van der Waals surface area (Å²) >= 11 is 5.43. The topological polar surface area (TPSA) is 43.0 Å². The molecule has 142 valence electrons. The molecule has 1 atom stereocenters.